The highest BCUT2D eigenvalue weighted by atomic mass is 16.5. The number of hydrogen-bond acceptors (Lipinski definition) is 7. The van der Waals surface area contributed by atoms with Gasteiger partial charge >= 0.3 is 6.03 Å². The van der Waals surface area contributed by atoms with E-state index in [1.165, 1.54) is 19.3 Å². The Morgan fingerprint density at radius 2 is 1.93 bits per heavy atom. The first-order valence-corrected chi connectivity index (χ1v) is 13.9. The van der Waals surface area contributed by atoms with Crippen LogP contribution in [0.25, 0.3) is 6.08 Å². The molecular formula is C30H36N4O6. The first-order chi connectivity index (χ1) is 19.5. The van der Waals surface area contributed by atoms with Crippen molar-refractivity contribution in [1.29, 1.82) is 0 Å². The molecule has 3 aliphatic heterocycles. The van der Waals surface area contributed by atoms with Crippen molar-refractivity contribution in [2.75, 3.05) is 33.6 Å². The maximum absolute atomic E-state index is 14.0. The highest BCUT2D eigenvalue weighted by molar-refractivity contribution is 6.10. The van der Waals surface area contributed by atoms with Gasteiger partial charge < -0.3 is 24.4 Å². The molecule has 4 heterocycles. The van der Waals surface area contributed by atoms with Crippen LogP contribution in [0.3, 0.4) is 0 Å². The summed E-state index contributed by atoms with van der Waals surface area (Å²) in [6.07, 6.45) is 11.8. The Morgan fingerprint density at radius 3 is 2.75 bits per heavy atom. The van der Waals surface area contributed by atoms with E-state index in [4.69, 9.17) is 14.2 Å². The Hall–Kier alpha value is -3.92. The fraction of sp³-hybridized carbons (Fsp3) is 0.467. The number of aromatic nitrogens is 1. The minimum Gasteiger partial charge on any atom is -0.497 e. The monoisotopic (exact) mass is 548 g/mol. The SMILES string of the molecule is CCCCCCCCOCN1C(=O)N[C@@](CN2Cc3ccc(OC)cc3C2=O)(C2=Cc3cnccc3OC2)C1=O. The number of imide groups is 1. The Kier molecular flexibility index (Phi) is 8.35. The number of rotatable bonds is 13. The van der Waals surface area contributed by atoms with Gasteiger partial charge in [-0.15, -0.1) is 0 Å². The number of carbonyl (C=O) groups is 3. The van der Waals surface area contributed by atoms with E-state index in [-0.39, 0.29) is 25.8 Å². The van der Waals surface area contributed by atoms with Crippen LogP contribution in [0.1, 0.15) is 66.9 Å². The van der Waals surface area contributed by atoms with Crippen LogP contribution >= 0.6 is 0 Å². The van der Waals surface area contributed by atoms with Crippen LogP contribution in [0.2, 0.25) is 0 Å². The standard InChI is InChI=1S/C30H36N4O6/c1-3-4-5-6-7-8-13-39-20-34-28(36)30(32-29(34)37,23-14-22-16-31-12-11-26(22)40-18-23)19-33-17-21-9-10-24(38-2)15-25(21)27(33)35/h9-12,14-16H,3-8,13,17-20H2,1-2H3,(H,32,37)/t30-/m0/s1. The number of nitrogens with zero attached hydrogens (tertiary/aromatic N) is 3. The number of methoxy groups -OCH3 is 1. The predicted octanol–water partition coefficient (Wildman–Crippen LogP) is 4.15. The van der Waals surface area contributed by atoms with Gasteiger partial charge in [-0.25, -0.2) is 9.69 Å². The summed E-state index contributed by atoms with van der Waals surface area (Å²) in [7, 11) is 1.55. The minimum absolute atomic E-state index is 0.0495. The topological polar surface area (TPSA) is 110 Å². The lowest BCUT2D eigenvalue weighted by molar-refractivity contribution is -0.134. The second kappa shape index (κ2) is 12.1. The molecule has 1 aromatic heterocycles. The number of unbranched alkanes of at least 4 members (excludes halogenated alkanes) is 5. The first kappa shape index (κ1) is 27.6. The van der Waals surface area contributed by atoms with Gasteiger partial charge in [-0.3, -0.25) is 14.6 Å². The molecule has 1 N–H and O–H groups in total. The van der Waals surface area contributed by atoms with Crippen molar-refractivity contribution < 1.29 is 28.6 Å². The van der Waals surface area contributed by atoms with Crippen molar-refractivity contribution in [1.82, 2.24) is 20.1 Å². The van der Waals surface area contributed by atoms with Crippen LogP contribution in [-0.2, 0) is 16.1 Å². The normalized spacial score (nSPS) is 19.8. The fourth-order valence-corrected chi connectivity index (χ4v) is 5.46. The summed E-state index contributed by atoms with van der Waals surface area (Å²) in [5.41, 5.74) is 1.10. The van der Waals surface area contributed by atoms with Gasteiger partial charge in [-0.1, -0.05) is 45.1 Å². The van der Waals surface area contributed by atoms with E-state index in [0.717, 1.165) is 29.7 Å². The molecule has 1 fully saturated rings. The Balaban J connectivity index is 1.36. The van der Waals surface area contributed by atoms with Gasteiger partial charge in [0.15, 0.2) is 5.54 Å². The quantitative estimate of drug-likeness (QED) is 0.296. The highest BCUT2D eigenvalue weighted by Gasteiger charge is 2.56. The molecule has 0 saturated carbocycles. The number of hydrogen-bond donors (Lipinski definition) is 1. The molecule has 1 atom stereocenters. The third-order valence-corrected chi connectivity index (χ3v) is 7.73. The zero-order chi connectivity index (χ0) is 28.1. The van der Waals surface area contributed by atoms with E-state index in [9.17, 15) is 14.4 Å². The molecule has 5 rings (SSSR count). The number of carbonyl (C=O) groups excluding carboxylic acids is 3. The van der Waals surface area contributed by atoms with E-state index in [0.29, 0.717) is 41.4 Å². The molecule has 40 heavy (non-hydrogen) atoms. The first-order valence-electron chi connectivity index (χ1n) is 13.9. The maximum atomic E-state index is 14.0. The summed E-state index contributed by atoms with van der Waals surface area (Å²) in [5, 5.41) is 2.91. The van der Waals surface area contributed by atoms with Gasteiger partial charge in [0.05, 0.1) is 13.7 Å². The lowest BCUT2D eigenvalue weighted by Crippen LogP contribution is -2.58. The molecule has 1 saturated heterocycles. The summed E-state index contributed by atoms with van der Waals surface area (Å²) in [4.78, 5) is 47.5. The number of fused-ring (bicyclic) bond motifs is 2. The number of pyridine rings is 1. The van der Waals surface area contributed by atoms with Crippen LogP contribution in [-0.4, -0.2) is 71.8 Å². The fourth-order valence-electron chi connectivity index (χ4n) is 5.46. The van der Waals surface area contributed by atoms with Crippen LogP contribution in [0.4, 0.5) is 4.79 Å². The molecule has 0 spiro atoms. The number of urea groups is 1. The molecule has 3 aliphatic rings. The maximum Gasteiger partial charge on any atom is 0.327 e. The third kappa shape index (κ3) is 5.40. The Labute approximate surface area is 234 Å². The molecule has 1 aromatic carbocycles. The zero-order valence-corrected chi connectivity index (χ0v) is 23.1. The Bertz CT molecular complexity index is 1310. The van der Waals surface area contributed by atoms with Crippen LogP contribution in [0, 0.1) is 0 Å². The summed E-state index contributed by atoms with van der Waals surface area (Å²) in [6, 6.07) is 6.55. The summed E-state index contributed by atoms with van der Waals surface area (Å²) < 4.78 is 17.0. The van der Waals surface area contributed by atoms with Crippen molar-refractivity contribution in [2.45, 2.75) is 57.5 Å². The average Bonchev–Trinajstić information content (AvgIpc) is 3.41. The van der Waals surface area contributed by atoms with E-state index in [2.05, 4.69) is 17.2 Å². The predicted molar refractivity (Wildman–Crippen MR) is 148 cm³/mol. The van der Waals surface area contributed by atoms with E-state index >= 15 is 0 Å². The number of ether oxygens (including phenoxy) is 3. The highest BCUT2D eigenvalue weighted by Crippen LogP contribution is 2.36. The minimum atomic E-state index is -1.50. The van der Waals surface area contributed by atoms with Crippen molar-refractivity contribution in [3.8, 4) is 11.5 Å². The lowest BCUT2D eigenvalue weighted by Gasteiger charge is -2.35. The molecule has 2 aromatic rings. The molecule has 0 bridgehead atoms. The summed E-state index contributed by atoms with van der Waals surface area (Å²) in [5.74, 6) is 0.521. The molecule has 212 valence electrons. The molecule has 0 aliphatic carbocycles. The van der Waals surface area contributed by atoms with Gasteiger partial charge in [0.2, 0.25) is 0 Å². The van der Waals surface area contributed by atoms with E-state index in [1.54, 1.807) is 42.6 Å². The second-order valence-corrected chi connectivity index (χ2v) is 10.4. The van der Waals surface area contributed by atoms with Crippen molar-refractivity contribution in [3.05, 3.63) is 58.9 Å². The second-order valence-electron chi connectivity index (χ2n) is 10.4. The van der Waals surface area contributed by atoms with Gasteiger partial charge in [0.25, 0.3) is 11.8 Å². The smallest absolute Gasteiger partial charge is 0.327 e. The molecule has 0 unspecified atom stereocenters. The van der Waals surface area contributed by atoms with Crippen molar-refractivity contribution >= 4 is 23.9 Å². The van der Waals surface area contributed by atoms with Gasteiger partial charge in [0.1, 0.15) is 24.8 Å². The number of amides is 4. The summed E-state index contributed by atoms with van der Waals surface area (Å²) >= 11 is 0. The largest absolute Gasteiger partial charge is 0.497 e. The van der Waals surface area contributed by atoms with Crippen LogP contribution < -0.4 is 14.8 Å². The van der Waals surface area contributed by atoms with Crippen molar-refractivity contribution in [3.63, 3.8) is 0 Å². The third-order valence-electron chi connectivity index (χ3n) is 7.73. The van der Waals surface area contributed by atoms with Gasteiger partial charge in [-0.2, -0.15) is 0 Å². The molecule has 10 heteroatoms. The molecular weight excluding hydrogens is 512 g/mol. The number of benzene rings is 1. The zero-order valence-electron chi connectivity index (χ0n) is 23.1. The molecule has 0 radical (unpaired) electrons. The molecule has 4 amide bonds. The van der Waals surface area contributed by atoms with Crippen LogP contribution in [0.5, 0.6) is 11.5 Å². The average molecular weight is 549 g/mol. The molecule has 10 nitrogen and oxygen atoms in total. The Morgan fingerprint density at radius 1 is 1.10 bits per heavy atom. The van der Waals surface area contributed by atoms with Gasteiger partial charge in [0, 0.05) is 42.2 Å². The summed E-state index contributed by atoms with van der Waals surface area (Å²) in [6.45, 7) is 2.83. The van der Waals surface area contributed by atoms with E-state index in [1.807, 2.05) is 12.1 Å². The van der Waals surface area contributed by atoms with Crippen LogP contribution in [0.15, 0.2) is 42.2 Å². The number of nitrogens with one attached hydrogen (secondary N) is 1. The van der Waals surface area contributed by atoms with Gasteiger partial charge in [-0.05, 0) is 36.3 Å². The van der Waals surface area contributed by atoms with E-state index < -0.39 is 17.5 Å². The van der Waals surface area contributed by atoms with Crippen molar-refractivity contribution in [2.24, 2.45) is 0 Å². The lowest BCUT2D eigenvalue weighted by atomic mass is 9.86.